The molecule has 1 aliphatic heterocycles. The SMILES string of the molecule is O=C(CN1CCN(Cc2ccccc2)CC1)NN=Cc1ccccc1[N+](=O)[O-]. The molecule has 2 aromatic rings. The Morgan fingerprint density at radius 1 is 1.04 bits per heavy atom. The Morgan fingerprint density at radius 2 is 1.68 bits per heavy atom. The lowest BCUT2D eigenvalue weighted by molar-refractivity contribution is -0.385. The van der Waals surface area contributed by atoms with E-state index < -0.39 is 4.92 Å². The minimum Gasteiger partial charge on any atom is -0.297 e. The number of rotatable bonds is 7. The molecule has 0 unspecified atom stereocenters. The molecule has 1 amide bonds. The van der Waals surface area contributed by atoms with E-state index in [1.54, 1.807) is 18.2 Å². The minimum absolute atomic E-state index is 0.0463. The van der Waals surface area contributed by atoms with E-state index in [-0.39, 0.29) is 18.1 Å². The fourth-order valence-electron chi connectivity index (χ4n) is 3.12. The number of nitro benzene ring substituents is 1. The normalized spacial score (nSPS) is 15.6. The van der Waals surface area contributed by atoms with E-state index in [2.05, 4.69) is 32.5 Å². The molecule has 0 spiro atoms. The van der Waals surface area contributed by atoms with E-state index >= 15 is 0 Å². The first-order chi connectivity index (χ1) is 13.6. The lowest BCUT2D eigenvalue weighted by atomic mass is 10.2. The van der Waals surface area contributed by atoms with Crippen LogP contribution in [0.3, 0.4) is 0 Å². The summed E-state index contributed by atoms with van der Waals surface area (Å²) in [6, 6.07) is 16.6. The van der Waals surface area contributed by atoms with Crippen LogP contribution in [0, 0.1) is 10.1 Å². The van der Waals surface area contributed by atoms with E-state index in [1.807, 2.05) is 18.2 Å². The van der Waals surface area contributed by atoms with Crippen LogP contribution in [-0.4, -0.2) is 59.6 Å². The zero-order valence-corrected chi connectivity index (χ0v) is 15.5. The maximum atomic E-state index is 12.1. The van der Waals surface area contributed by atoms with Crippen molar-refractivity contribution >= 4 is 17.8 Å². The zero-order valence-electron chi connectivity index (χ0n) is 15.5. The molecule has 0 saturated carbocycles. The predicted molar refractivity (Wildman–Crippen MR) is 107 cm³/mol. The Labute approximate surface area is 163 Å². The summed E-state index contributed by atoms with van der Waals surface area (Å²) in [5, 5.41) is 14.8. The van der Waals surface area contributed by atoms with Gasteiger partial charge in [-0.2, -0.15) is 5.10 Å². The van der Waals surface area contributed by atoms with Crippen LogP contribution in [0.4, 0.5) is 5.69 Å². The Bertz CT molecular complexity index is 833. The van der Waals surface area contributed by atoms with Crippen molar-refractivity contribution in [2.24, 2.45) is 5.10 Å². The van der Waals surface area contributed by atoms with Crippen LogP contribution in [0.15, 0.2) is 59.7 Å². The van der Waals surface area contributed by atoms with Crippen molar-refractivity contribution in [1.82, 2.24) is 15.2 Å². The number of nitrogens with zero attached hydrogens (tertiary/aromatic N) is 4. The fourth-order valence-corrected chi connectivity index (χ4v) is 3.12. The number of para-hydroxylation sites is 1. The van der Waals surface area contributed by atoms with E-state index in [9.17, 15) is 14.9 Å². The standard InChI is InChI=1S/C20H23N5O3/c26-20(22-21-14-18-8-4-5-9-19(18)25(27)28)16-24-12-10-23(11-13-24)15-17-6-2-1-3-7-17/h1-9,14H,10-13,15-16H2,(H,22,26). The third-order valence-electron chi connectivity index (χ3n) is 4.61. The molecule has 3 rings (SSSR count). The Balaban J connectivity index is 1.42. The van der Waals surface area contributed by atoms with Crippen molar-refractivity contribution in [2.75, 3.05) is 32.7 Å². The van der Waals surface area contributed by atoms with E-state index in [0.29, 0.717) is 5.56 Å². The molecule has 8 nitrogen and oxygen atoms in total. The molecule has 8 heteroatoms. The highest BCUT2D eigenvalue weighted by Gasteiger charge is 2.19. The first-order valence-electron chi connectivity index (χ1n) is 9.16. The fraction of sp³-hybridized carbons (Fsp3) is 0.300. The number of hydrogen-bond acceptors (Lipinski definition) is 6. The summed E-state index contributed by atoms with van der Waals surface area (Å²) in [6.07, 6.45) is 1.30. The molecule has 0 radical (unpaired) electrons. The first-order valence-corrected chi connectivity index (χ1v) is 9.16. The van der Waals surface area contributed by atoms with Gasteiger partial charge >= 0.3 is 0 Å². The van der Waals surface area contributed by atoms with Crippen LogP contribution in [0.1, 0.15) is 11.1 Å². The van der Waals surface area contributed by atoms with Gasteiger partial charge in [-0.25, -0.2) is 5.43 Å². The monoisotopic (exact) mass is 381 g/mol. The number of piperazine rings is 1. The highest BCUT2D eigenvalue weighted by atomic mass is 16.6. The van der Waals surface area contributed by atoms with Gasteiger partial charge in [0.05, 0.1) is 23.2 Å². The zero-order chi connectivity index (χ0) is 19.8. The Kier molecular flexibility index (Phi) is 6.83. The number of benzene rings is 2. The summed E-state index contributed by atoms with van der Waals surface area (Å²) in [7, 11) is 0. The summed E-state index contributed by atoms with van der Waals surface area (Å²) in [4.78, 5) is 27.0. The number of nitro groups is 1. The molecule has 0 bridgehead atoms. The number of hydrazone groups is 1. The topological polar surface area (TPSA) is 91.1 Å². The lowest BCUT2D eigenvalue weighted by Gasteiger charge is -2.34. The second-order valence-electron chi connectivity index (χ2n) is 6.65. The second kappa shape index (κ2) is 9.72. The van der Waals surface area contributed by atoms with Crippen molar-refractivity contribution in [3.05, 3.63) is 75.8 Å². The van der Waals surface area contributed by atoms with Crippen LogP contribution < -0.4 is 5.43 Å². The maximum Gasteiger partial charge on any atom is 0.278 e. The largest absolute Gasteiger partial charge is 0.297 e. The van der Waals surface area contributed by atoms with Gasteiger partial charge in [0.25, 0.3) is 11.6 Å². The molecule has 1 N–H and O–H groups in total. The highest BCUT2D eigenvalue weighted by molar-refractivity contribution is 5.86. The summed E-state index contributed by atoms with van der Waals surface area (Å²) >= 11 is 0. The number of carbonyl (C=O) groups is 1. The molecule has 0 aromatic heterocycles. The van der Waals surface area contributed by atoms with Crippen molar-refractivity contribution in [1.29, 1.82) is 0 Å². The van der Waals surface area contributed by atoms with Gasteiger partial charge in [0.15, 0.2) is 0 Å². The number of hydrogen-bond donors (Lipinski definition) is 1. The minimum atomic E-state index is -0.474. The van der Waals surface area contributed by atoms with Gasteiger partial charge in [-0.15, -0.1) is 0 Å². The van der Waals surface area contributed by atoms with Crippen molar-refractivity contribution in [2.45, 2.75) is 6.54 Å². The molecule has 1 saturated heterocycles. The van der Waals surface area contributed by atoms with Gasteiger partial charge in [0, 0.05) is 38.8 Å². The number of nitrogens with one attached hydrogen (secondary N) is 1. The van der Waals surface area contributed by atoms with Crippen LogP contribution in [0.25, 0.3) is 0 Å². The van der Waals surface area contributed by atoms with Crippen molar-refractivity contribution < 1.29 is 9.72 Å². The number of amides is 1. The van der Waals surface area contributed by atoms with Gasteiger partial charge in [0.2, 0.25) is 0 Å². The molecule has 28 heavy (non-hydrogen) atoms. The molecule has 146 valence electrons. The van der Waals surface area contributed by atoms with E-state index in [0.717, 1.165) is 32.7 Å². The summed E-state index contributed by atoms with van der Waals surface area (Å²) in [5.41, 5.74) is 4.04. The molecule has 1 fully saturated rings. The van der Waals surface area contributed by atoms with Gasteiger partial charge in [-0.3, -0.25) is 24.7 Å². The van der Waals surface area contributed by atoms with Gasteiger partial charge < -0.3 is 0 Å². The third kappa shape index (κ3) is 5.70. The lowest BCUT2D eigenvalue weighted by Crippen LogP contribution is -2.48. The van der Waals surface area contributed by atoms with Crippen LogP contribution >= 0.6 is 0 Å². The second-order valence-corrected chi connectivity index (χ2v) is 6.65. The number of carbonyl (C=O) groups excluding carboxylic acids is 1. The molecule has 0 aliphatic carbocycles. The molecular formula is C20H23N5O3. The third-order valence-corrected chi connectivity index (χ3v) is 4.61. The molecule has 0 atom stereocenters. The molecule has 1 heterocycles. The highest BCUT2D eigenvalue weighted by Crippen LogP contribution is 2.15. The average molecular weight is 381 g/mol. The van der Waals surface area contributed by atoms with Gasteiger partial charge in [-0.1, -0.05) is 42.5 Å². The Hall–Kier alpha value is -3.10. The van der Waals surface area contributed by atoms with E-state index in [4.69, 9.17) is 0 Å². The van der Waals surface area contributed by atoms with Crippen LogP contribution in [0.5, 0.6) is 0 Å². The maximum absolute atomic E-state index is 12.1. The molecular weight excluding hydrogens is 358 g/mol. The quantitative estimate of drug-likeness (QED) is 0.449. The first kappa shape index (κ1) is 19.7. The molecule has 1 aliphatic rings. The van der Waals surface area contributed by atoms with Crippen molar-refractivity contribution in [3.63, 3.8) is 0 Å². The average Bonchev–Trinajstić information content (AvgIpc) is 2.70. The smallest absolute Gasteiger partial charge is 0.278 e. The Morgan fingerprint density at radius 3 is 2.39 bits per heavy atom. The predicted octanol–water partition coefficient (Wildman–Crippen LogP) is 1.86. The summed E-state index contributed by atoms with van der Waals surface area (Å²) in [6.45, 7) is 4.61. The van der Waals surface area contributed by atoms with Crippen LogP contribution in [-0.2, 0) is 11.3 Å². The van der Waals surface area contributed by atoms with Crippen LogP contribution in [0.2, 0.25) is 0 Å². The molecule has 2 aromatic carbocycles. The van der Waals surface area contributed by atoms with Gasteiger partial charge in [-0.05, 0) is 11.6 Å². The summed E-state index contributed by atoms with van der Waals surface area (Å²) in [5.74, 6) is -0.230. The van der Waals surface area contributed by atoms with E-state index in [1.165, 1.54) is 17.8 Å². The van der Waals surface area contributed by atoms with Crippen molar-refractivity contribution in [3.8, 4) is 0 Å². The summed E-state index contributed by atoms with van der Waals surface area (Å²) < 4.78 is 0. The van der Waals surface area contributed by atoms with Gasteiger partial charge in [0.1, 0.15) is 0 Å².